The number of nitrogens with zero attached hydrogens (tertiary/aromatic N) is 1. The largest absolute Gasteiger partial charge is 0.372 e. The lowest BCUT2D eigenvalue weighted by molar-refractivity contribution is -0.120. The first-order chi connectivity index (χ1) is 12.1. The van der Waals surface area contributed by atoms with Crippen LogP contribution in [0.4, 0.5) is 5.69 Å². The van der Waals surface area contributed by atoms with Gasteiger partial charge in [0, 0.05) is 35.2 Å². The van der Waals surface area contributed by atoms with Crippen LogP contribution in [0.15, 0.2) is 53.4 Å². The van der Waals surface area contributed by atoms with Crippen LogP contribution in [-0.2, 0) is 11.3 Å². The summed E-state index contributed by atoms with van der Waals surface area (Å²) in [4.78, 5) is 15.8. The van der Waals surface area contributed by atoms with Gasteiger partial charge in [0.2, 0.25) is 5.91 Å². The molecule has 1 atom stereocenters. The van der Waals surface area contributed by atoms with Crippen molar-refractivity contribution in [2.24, 2.45) is 0 Å². The van der Waals surface area contributed by atoms with Crippen molar-refractivity contribution in [3.8, 4) is 0 Å². The zero-order chi connectivity index (χ0) is 17.6. The van der Waals surface area contributed by atoms with Crippen LogP contribution in [0.1, 0.15) is 25.3 Å². The van der Waals surface area contributed by atoms with Gasteiger partial charge in [-0.05, 0) is 61.7 Å². The first kappa shape index (κ1) is 18.2. The first-order valence-electron chi connectivity index (χ1n) is 8.65. The fourth-order valence-corrected chi connectivity index (χ4v) is 3.92. The van der Waals surface area contributed by atoms with Gasteiger partial charge in [0.1, 0.15) is 0 Å². The Balaban J connectivity index is 1.48. The van der Waals surface area contributed by atoms with Gasteiger partial charge < -0.3 is 10.2 Å². The van der Waals surface area contributed by atoms with Crippen LogP contribution in [0, 0.1) is 0 Å². The molecule has 132 valence electrons. The van der Waals surface area contributed by atoms with E-state index >= 15 is 0 Å². The lowest BCUT2D eigenvalue weighted by Gasteiger charge is -2.18. The summed E-state index contributed by atoms with van der Waals surface area (Å²) in [6, 6.07) is 16.1. The molecular weight excluding hydrogens is 352 g/mol. The van der Waals surface area contributed by atoms with E-state index in [-0.39, 0.29) is 11.2 Å². The molecular formula is C20H23ClN2OS. The van der Waals surface area contributed by atoms with Gasteiger partial charge in [0.05, 0.1) is 5.25 Å². The third kappa shape index (κ3) is 5.16. The van der Waals surface area contributed by atoms with Crippen molar-refractivity contribution in [2.75, 3.05) is 18.0 Å². The summed E-state index contributed by atoms with van der Waals surface area (Å²) in [5.74, 6) is 0.0450. The molecule has 3 rings (SSSR count). The molecule has 0 bridgehead atoms. The summed E-state index contributed by atoms with van der Waals surface area (Å²) >= 11 is 7.43. The van der Waals surface area contributed by atoms with E-state index in [1.807, 2.05) is 31.2 Å². The third-order valence-corrected chi connectivity index (χ3v) is 5.73. The van der Waals surface area contributed by atoms with Crippen LogP contribution >= 0.6 is 23.4 Å². The number of hydrogen-bond donors (Lipinski definition) is 1. The number of amides is 1. The van der Waals surface area contributed by atoms with E-state index in [1.165, 1.54) is 30.3 Å². The van der Waals surface area contributed by atoms with E-state index in [0.29, 0.717) is 11.6 Å². The predicted octanol–water partition coefficient (Wildman–Crippen LogP) is 4.74. The van der Waals surface area contributed by atoms with Gasteiger partial charge in [0.25, 0.3) is 0 Å². The quantitative estimate of drug-likeness (QED) is 0.741. The number of anilines is 1. The standard InChI is InChI=1S/C20H23ClN2OS/c1-15(25-19-10-6-17(21)7-11-19)20(24)22-14-16-4-8-18(9-5-16)23-12-2-3-13-23/h4-11,15H,2-3,12-14H2,1H3,(H,22,24)/t15-/m0/s1. The molecule has 1 heterocycles. The van der Waals surface area contributed by atoms with Crippen molar-refractivity contribution < 1.29 is 4.79 Å². The number of rotatable bonds is 6. The summed E-state index contributed by atoms with van der Waals surface area (Å²) in [7, 11) is 0. The van der Waals surface area contributed by atoms with E-state index in [2.05, 4.69) is 34.5 Å². The Bertz CT molecular complexity index is 697. The number of carbonyl (C=O) groups excluding carboxylic acids is 1. The molecule has 0 unspecified atom stereocenters. The molecule has 0 aromatic heterocycles. The number of halogens is 1. The maximum Gasteiger partial charge on any atom is 0.233 e. The fourth-order valence-electron chi connectivity index (χ4n) is 2.90. The molecule has 1 fully saturated rings. The predicted molar refractivity (Wildman–Crippen MR) is 107 cm³/mol. The summed E-state index contributed by atoms with van der Waals surface area (Å²) in [5, 5.41) is 3.58. The molecule has 1 aliphatic rings. The number of hydrogen-bond acceptors (Lipinski definition) is 3. The highest BCUT2D eigenvalue weighted by Gasteiger charge is 2.15. The van der Waals surface area contributed by atoms with Crippen LogP contribution in [0.5, 0.6) is 0 Å². The van der Waals surface area contributed by atoms with E-state index in [9.17, 15) is 4.79 Å². The van der Waals surface area contributed by atoms with Crippen LogP contribution in [0.2, 0.25) is 5.02 Å². The Morgan fingerprint density at radius 3 is 2.40 bits per heavy atom. The molecule has 0 aliphatic carbocycles. The van der Waals surface area contributed by atoms with E-state index in [1.54, 1.807) is 0 Å². The molecule has 1 amide bonds. The van der Waals surface area contributed by atoms with Crippen molar-refractivity contribution in [3.63, 3.8) is 0 Å². The van der Waals surface area contributed by atoms with Gasteiger partial charge in [-0.25, -0.2) is 0 Å². The summed E-state index contributed by atoms with van der Waals surface area (Å²) < 4.78 is 0. The van der Waals surface area contributed by atoms with Gasteiger partial charge in [-0.3, -0.25) is 4.79 Å². The summed E-state index contributed by atoms with van der Waals surface area (Å²) in [6.07, 6.45) is 2.56. The Morgan fingerprint density at radius 1 is 1.12 bits per heavy atom. The molecule has 2 aromatic carbocycles. The normalized spacial score (nSPS) is 15.2. The highest BCUT2D eigenvalue weighted by molar-refractivity contribution is 8.00. The summed E-state index contributed by atoms with van der Waals surface area (Å²) in [6.45, 7) is 4.78. The first-order valence-corrected chi connectivity index (χ1v) is 9.91. The molecule has 1 aliphatic heterocycles. The second-order valence-corrected chi connectivity index (χ2v) is 8.14. The zero-order valence-corrected chi connectivity index (χ0v) is 15.9. The van der Waals surface area contributed by atoms with Gasteiger partial charge >= 0.3 is 0 Å². The minimum absolute atomic E-state index is 0.0450. The number of nitrogens with one attached hydrogen (secondary N) is 1. The van der Waals surface area contributed by atoms with Gasteiger partial charge in [0.15, 0.2) is 0 Å². The molecule has 1 saturated heterocycles. The maximum absolute atomic E-state index is 12.3. The van der Waals surface area contributed by atoms with Crippen LogP contribution in [-0.4, -0.2) is 24.2 Å². The van der Waals surface area contributed by atoms with Crippen molar-refractivity contribution in [2.45, 2.75) is 36.5 Å². The molecule has 1 N–H and O–H groups in total. The van der Waals surface area contributed by atoms with E-state index in [0.717, 1.165) is 23.5 Å². The summed E-state index contributed by atoms with van der Waals surface area (Å²) in [5.41, 5.74) is 2.40. The number of carbonyl (C=O) groups is 1. The lowest BCUT2D eigenvalue weighted by Crippen LogP contribution is -2.30. The Labute approximate surface area is 158 Å². The second-order valence-electron chi connectivity index (χ2n) is 6.29. The van der Waals surface area contributed by atoms with Gasteiger partial charge in [-0.2, -0.15) is 0 Å². The third-order valence-electron chi connectivity index (χ3n) is 4.37. The highest BCUT2D eigenvalue weighted by Crippen LogP contribution is 2.25. The van der Waals surface area contributed by atoms with Crippen molar-refractivity contribution >= 4 is 35.0 Å². The number of benzene rings is 2. The van der Waals surface area contributed by atoms with E-state index < -0.39 is 0 Å². The topological polar surface area (TPSA) is 32.3 Å². The Morgan fingerprint density at radius 2 is 1.76 bits per heavy atom. The molecule has 5 heteroatoms. The zero-order valence-electron chi connectivity index (χ0n) is 14.4. The molecule has 25 heavy (non-hydrogen) atoms. The van der Waals surface area contributed by atoms with Crippen LogP contribution in [0.3, 0.4) is 0 Å². The fraction of sp³-hybridized carbons (Fsp3) is 0.350. The maximum atomic E-state index is 12.3. The molecule has 3 nitrogen and oxygen atoms in total. The second kappa shape index (κ2) is 8.63. The Hall–Kier alpha value is -1.65. The van der Waals surface area contributed by atoms with Gasteiger partial charge in [-0.1, -0.05) is 23.7 Å². The molecule has 0 radical (unpaired) electrons. The van der Waals surface area contributed by atoms with E-state index in [4.69, 9.17) is 11.6 Å². The SMILES string of the molecule is C[C@H](Sc1ccc(Cl)cc1)C(=O)NCc1ccc(N2CCCC2)cc1. The average Bonchev–Trinajstić information content (AvgIpc) is 3.16. The number of thioether (sulfide) groups is 1. The average molecular weight is 375 g/mol. The molecule has 2 aromatic rings. The molecule has 0 spiro atoms. The lowest BCUT2D eigenvalue weighted by atomic mass is 10.2. The minimum Gasteiger partial charge on any atom is -0.372 e. The Kier molecular flexibility index (Phi) is 6.27. The monoisotopic (exact) mass is 374 g/mol. The van der Waals surface area contributed by atoms with Crippen molar-refractivity contribution in [1.29, 1.82) is 0 Å². The highest BCUT2D eigenvalue weighted by atomic mass is 35.5. The van der Waals surface area contributed by atoms with Crippen molar-refractivity contribution in [3.05, 3.63) is 59.1 Å². The van der Waals surface area contributed by atoms with Crippen LogP contribution < -0.4 is 10.2 Å². The molecule has 0 saturated carbocycles. The van der Waals surface area contributed by atoms with Crippen LogP contribution in [0.25, 0.3) is 0 Å². The minimum atomic E-state index is -0.148. The smallest absolute Gasteiger partial charge is 0.233 e. The van der Waals surface area contributed by atoms with Gasteiger partial charge in [-0.15, -0.1) is 11.8 Å². The van der Waals surface area contributed by atoms with Crippen molar-refractivity contribution in [1.82, 2.24) is 5.32 Å².